The first-order chi connectivity index (χ1) is 10.8. The lowest BCUT2D eigenvalue weighted by Gasteiger charge is -2.29. The van der Waals surface area contributed by atoms with Gasteiger partial charge in [0.05, 0.1) is 0 Å². The van der Waals surface area contributed by atoms with Crippen LogP contribution in [0.5, 0.6) is 0 Å². The van der Waals surface area contributed by atoms with Crippen molar-refractivity contribution in [2.75, 3.05) is 0 Å². The summed E-state index contributed by atoms with van der Waals surface area (Å²) in [6.07, 6.45) is 24.3. The van der Waals surface area contributed by atoms with Crippen molar-refractivity contribution >= 4 is 0 Å². The molecule has 2 aliphatic rings. The molecule has 2 rings (SSSR count). The van der Waals surface area contributed by atoms with Crippen LogP contribution in [0.1, 0.15) is 117 Å². The fourth-order valence-corrected chi connectivity index (χ4v) is 5.30. The second-order valence-corrected chi connectivity index (χ2v) is 8.64. The van der Waals surface area contributed by atoms with Gasteiger partial charge in [0.15, 0.2) is 0 Å². The summed E-state index contributed by atoms with van der Waals surface area (Å²) in [6, 6.07) is 0. The van der Waals surface area contributed by atoms with E-state index in [4.69, 9.17) is 0 Å². The Morgan fingerprint density at radius 3 is 1.00 bits per heavy atom. The number of hydrogen-bond acceptors (Lipinski definition) is 0. The molecule has 0 heteroatoms. The lowest BCUT2D eigenvalue weighted by molar-refractivity contribution is 0.233. The van der Waals surface area contributed by atoms with Gasteiger partial charge in [-0.05, 0) is 23.7 Å². The molecule has 0 heterocycles. The Labute approximate surface area is 140 Å². The lowest BCUT2D eigenvalue weighted by atomic mass is 9.76. The van der Waals surface area contributed by atoms with Crippen molar-refractivity contribution in [3.63, 3.8) is 0 Å². The van der Waals surface area contributed by atoms with Crippen molar-refractivity contribution < 1.29 is 0 Å². The first kappa shape index (κ1) is 18.3. The Balaban J connectivity index is 1.46. The van der Waals surface area contributed by atoms with Crippen LogP contribution in [0.2, 0.25) is 0 Å². The van der Waals surface area contributed by atoms with E-state index in [9.17, 15) is 0 Å². The van der Waals surface area contributed by atoms with E-state index in [-0.39, 0.29) is 0 Å². The molecule has 2 saturated carbocycles. The highest BCUT2D eigenvalue weighted by molar-refractivity contribution is 4.74. The van der Waals surface area contributed by atoms with Gasteiger partial charge in [0.1, 0.15) is 0 Å². The highest BCUT2D eigenvalue weighted by Gasteiger charge is 2.22. The van der Waals surface area contributed by atoms with E-state index >= 15 is 0 Å². The SMILES string of the molecule is CCC[C@H]1CC[C@H](CCCC[C@H]2CC[C@H](CCC)CC2)CC1. The smallest absolute Gasteiger partial charge is 0.0414 e. The van der Waals surface area contributed by atoms with Crippen LogP contribution < -0.4 is 0 Å². The van der Waals surface area contributed by atoms with Gasteiger partial charge in [0, 0.05) is 0 Å². The van der Waals surface area contributed by atoms with Crippen LogP contribution in [-0.2, 0) is 0 Å². The summed E-state index contributed by atoms with van der Waals surface area (Å²) in [6.45, 7) is 4.70. The molecule has 0 aromatic carbocycles. The van der Waals surface area contributed by atoms with Crippen LogP contribution >= 0.6 is 0 Å². The molecule has 130 valence electrons. The zero-order valence-electron chi connectivity index (χ0n) is 15.6. The minimum absolute atomic E-state index is 1.08. The van der Waals surface area contributed by atoms with E-state index in [1.54, 1.807) is 64.2 Å². The molecule has 0 atom stereocenters. The molecule has 0 radical (unpaired) electrons. The van der Waals surface area contributed by atoms with Gasteiger partial charge in [-0.2, -0.15) is 0 Å². The van der Waals surface area contributed by atoms with Gasteiger partial charge >= 0.3 is 0 Å². The third kappa shape index (κ3) is 6.63. The molecule has 0 spiro atoms. The van der Waals surface area contributed by atoms with Crippen LogP contribution in [0.25, 0.3) is 0 Å². The summed E-state index contributed by atoms with van der Waals surface area (Å²) in [5.74, 6) is 4.35. The summed E-state index contributed by atoms with van der Waals surface area (Å²) >= 11 is 0. The van der Waals surface area contributed by atoms with Crippen molar-refractivity contribution in [1.29, 1.82) is 0 Å². The predicted octanol–water partition coefficient (Wildman–Crippen LogP) is 7.76. The first-order valence-electron chi connectivity index (χ1n) is 10.8. The third-order valence-electron chi connectivity index (χ3n) is 6.80. The monoisotopic (exact) mass is 306 g/mol. The minimum atomic E-state index is 1.08. The summed E-state index contributed by atoms with van der Waals surface area (Å²) in [5.41, 5.74) is 0. The van der Waals surface area contributed by atoms with Crippen molar-refractivity contribution in [3.05, 3.63) is 0 Å². The third-order valence-corrected chi connectivity index (χ3v) is 6.80. The molecular formula is C22H42. The molecule has 2 fully saturated rings. The summed E-state index contributed by atoms with van der Waals surface area (Å²) in [7, 11) is 0. The molecule has 0 saturated heterocycles. The van der Waals surface area contributed by atoms with Gasteiger partial charge in [0.2, 0.25) is 0 Å². The van der Waals surface area contributed by atoms with Crippen LogP contribution in [0.4, 0.5) is 0 Å². The minimum Gasteiger partial charge on any atom is -0.0654 e. The van der Waals surface area contributed by atoms with Crippen LogP contribution in [0.15, 0.2) is 0 Å². The van der Waals surface area contributed by atoms with Crippen LogP contribution in [0, 0.1) is 23.7 Å². The van der Waals surface area contributed by atoms with Gasteiger partial charge in [-0.3, -0.25) is 0 Å². The molecular weight excluding hydrogens is 264 g/mol. The van der Waals surface area contributed by atoms with Gasteiger partial charge in [-0.1, -0.05) is 117 Å². The summed E-state index contributed by atoms with van der Waals surface area (Å²) < 4.78 is 0. The molecule has 0 N–H and O–H groups in total. The predicted molar refractivity (Wildman–Crippen MR) is 99.2 cm³/mol. The van der Waals surface area contributed by atoms with Gasteiger partial charge in [-0.25, -0.2) is 0 Å². The molecule has 0 amide bonds. The normalized spacial score (nSPS) is 33.0. The average Bonchev–Trinajstić information content (AvgIpc) is 2.55. The largest absolute Gasteiger partial charge is 0.0654 e. The Morgan fingerprint density at radius 1 is 0.455 bits per heavy atom. The van der Waals surface area contributed by atoms with Gasteiger partial charge < -0.3 is 0 Å². The maximum atomic E-state index is 2.35. The Bertz CT molecular complexity index is 225. The molecule has 0 aliphatic heterocycles. The molecule has 2 aliphatic carbocycles. The zero-order valence-corrected chi connectivity index (χ0v) is 15.6. The molecule has 0 unspecified atom stereocenters. The Kier molecular flexibility index (Phi) is 8.93. The fourth-order valence-electron chi connectivity index (χ4n) is 5.30. The molecule has 0 aromatic heterocycles. The molecule has 0 bridgehead atoms. The van der Waals surface area contributed by atoms with Crippen molar-refractivity contribution in [2.45, 2.75) is 117 Å². The van der Waals surface area contributed by atoms with E-state index in [1.807, 2.05) is 0 Å². The van der Waals surface area contributed by atoms with Gasteiger partial charge in [-0.15, -0.1) is 0 Å². The van der Waals surface area contributed by atoms with E-state index in [0.29, 0.717) is 0 Å². The number of hydrogen-bond donors (Lipinski definition) is 0. The van der Waals surface area contributed by atoms with E-state index in [1.165, 1.54) is 38.5 Å². The lowest BCUT2D eigenvalue weighted by Crippen LogP contribution is -2.15. The quantitative estimate of drug-likeness (QED) is 0.382. The first-order valence-corrected chi connectivity index (χ1v) is 10.8. The Morgan fingerprint density at radius 2 is 0.727 bits per heavy atom. The standard InChI is InChI=1S/C22H42/c1-3-7-19-11-15-21(16-12-19)9-5-6-10-22-17-13-20(8-4-2)14-18-22/h19-22H,3-18H2,1-2H3/t19-,20-,21-,22-. The maximum Gasteiger partial charge on any atom is -0.0414 e. The maximum absolute atomic E-state index is 2.35. The molecule has 22 heavy (non-hydrogen) atoms. The van der Waals surface area contributed by atoms with Crippen molar-refractivity contribution in [3.8, 4) is 0 Å². The number of unbranched alkanes of at least 4 members (excludes halogenated alkanes) is 1. The summed E-state index contributed by atoms with van der Waals surface area (Å²) in [4.78, 5) is 0. The highest BCUT2D eigenvalue weighted by Crippen LogP contribution is 2.36. The van der Waals surface area contributed by atoms with E-state index in [2.05, 4.69) is 13.8 Å². The van der Waals surface area contributed by atoms with Crippen LogP contribution in [-0.4, -0.2) is 0 Å². The highest BCUT2D eigenvalue weighted by atomic mass is 14.3. The van der Waals surface area contributed by atoms with Gasteiger partial charge in [0.25, 0.3) is 0 Å². The fraction of sp³-hybridized carbons (Fsp3) is 1.00. The average molecular weight is 307 g/mol. The van der Waals surface area contributed by atoms with E-state index in [0.717, 1.165) is 23.7 Å². The molecule has 0 aromatic rings. The topological polar surface area (TPSA) is 0 Å². The summed E-state index contributed by atoms with van der Waals surface area (Å²) in [5, 5.41) is 0. The van der Waals surface area contributed by atoms with Crippen molar-refractivity contribution in [2.24, 2.45) is 23.7 Å². The second-order valence-electron chi connectivity index (χ2n) is 8.64. The van der Waals surface area contributed by atoms with E-state index < -0.39 is 0 Å². The van der Waals surface area contributed by atoms with Crippen molar-refractivity contribution in [1.82, 2.24) is 0 Å². The zero-order chi connectivity index (χ0) is 15.6. The Hall–Kier alpha value is 0. The van der Waals surface area contributed by atoms with Crippen LogP contribution in [0.3, 0.4) is 0 Å². The second kappa shape index (κ2) is 10.7. The molecule has 0 nitrogen and oxygen atoms in total. The number of rotatable bonds is 9.